The van der Waals surface area contributed by atoms with Crippen molar-refractivity contribution in [2.45, 2.75) is 12.5 Å². The Kier molecular flexibility index (Phi) is 3.74. The molecule has 4 aromatic rings. The number of aliphatic imine (C=N–C) groups is 1. The molecule has 7 nitrogen and oxygen atoms in total. The fraction of sp³-hybridized carbons (Fsp3) is 0.174. The highest BCUT2D eigenvalue weighted by Gasteiger charge is 2.29. The van der Waals surface area contributed by atoms with Gasteiger partial charge >= 0.3 is 0 Å². The van der Waals surface area contributed by atoms with Crippen LogP contribution in [0.4, 0.5) is 0 Å². The zero-order valence-electron chi connectivity index (χ0n) is 16.4. The number of aromatic amines is 1. The SMILES string of the molecule is COc1ccc2c(c1)-c1[nH]ncc1Cc1c(C3=N[C@H](c4ccccc4)CO3)ncn1-2. The summed E-state index contributed by atoms with van der Waals surface area (Å²) in [6.07, 6.45) is 4.39. The Bertz CT molecular complexity index is 1270. The van der Waals surface area contributed by atoms with Gasteiger partial charge in [-0.15, -0.1) is 0 Å². The van der Waals surface area contributed by atoms with Crippen molar-refractivity contribution in [2.75, 3.05) is 13.7 Å². The van der Waals surface area contributed by atoms with Crippen molar-refractivity contribution in [3.63, 3.8) is 0 Å². The molecule has 0 radical (unpaired) electrons. The highest BCUT2D eigenvalue weighted by Crippen LogP contribution is 2.37. The van der Waals surface area contributed by atoms with Gasteiger partial charge in [0.25, 0.3) is 0 Å². The van der Waals surface area contributed by atoms with Crippen LogP contribution in [0, 0.1) is 0 Å². The van der Waals surface area contributed by atoms with Gasteiger partial charge in [0.1, 0.15) is 30.4 Å². The van der Waals surface area contributed by atoms with Gasteiger partial charge in [-0.3, -0.25) is 5.10 Å². The molecular formula is C23H19N5O2. The second-order valence-corrected chi connectivity index (χ2v) is 7.41. The monoisotopic (exact) mass is 397 g/mol. The summed E-state index contributed by atoms with van der Waals surface area (Å²) in [5.74, 6) is 1.40. The predicted octanol–water partition coefficient (Wildman–Crippen LogP) is 3.69. The summed E-state index contributed by atoms with van der Waals surface area (Å²) >= 11 is 0. The first-order valence-electron chi connectivity index (χ1n) is 9.85. The zero-order valence-corrected chi connectivity index (χ0v) is 16.4. The zero-order chi connectivity index (χ0) is 20.1. The largest absolute Gasteiger partial charge is 0.497 e. The normalized spacial score (nSPS) is 16.7. The number of hydrogen-bond donors (Lipinski definition) is 1. The molecule has 0 saturated heterocycles. The van der Waals surface area contributed by atoms with Crippen molar-refractivity contribution < 1.29 is 9.47 Å². The van der Waals surface area contributed by atoms with Crippen LogP contribution in [0.25, 0.3) is 16.9 Å². The van der Waals surface area contributed by atoms with Gasteiger partial charge in [-0.2, -0.15) is 5.10 Å². The van der Waals surface area contributed by atoms with E-state index in [2.05, 4.69) is 26.9 Å². The lowest BCUT2D eigenvalue weighted by atomic mass is 10.0. The number of nitrogens with one attached hydrogen (secondary N) is 1. The maximum absolute atomic E-state index is 6.00. The number of H-pyrrole nitrogens is 1. The molecule has 2 aliphatic heterocycles. The summed E-state index contributed by atoms with van der Waals surface area (Å²) in [7, 11) is 1.67. The van der Waals surface area contributed by atoms with Crippen LogP contribution in [0.3, 0.4) is 0 Å². The molecule has 0 unspecified atom stereocenters. The second kappa shape index (κ2) is 6.59. The fourth-order valence-corrected chi connectivity index (χ4v) is 4.19. The Labute approximate surface area is 173 Å². The Morgan fingerprint density at radius 2 is 2.07 bits per heavy atom. The van der Waals surface area contributed by atoms with Crippen LogP contribution in [0.2, 0.25) is 0 Å². The highest BCUT2D eigenvalue weighted by atomic mass is 16.5. The number of fused-ring (bicyclic) bond motifs is 5. The Morgan fingerprint density at radius 3 is 2.93 bits per heavy atom. The average molecular weight is 397 g/mol. The molecule has 0 saturated carbocycles. The van der Waals surface area contributed by atoms with Crippen molar-refractivity contribution in [3.05, 3.63) is 83.6 Å². The number of imidazole rings is 1. The topological polar surface area (TPSA) is 77.3 Å². The van der Waals surface area contributed by atoms with Crippen molar-refractivity contribution in [3.8, 4) is 22.7 Å². The summed E-state index contributed by atoms with van der Waals surface area (Å²) in [5.41, 5.74) is 7.11. The van der Waals surface area contributed by atoms with Gasteiger partial charge in [-0.25, -0.2) is 9.98 Å². The van der Waals surface area contributed by atoms with Gasteiger partial charge in [0.2, 0.25) is 5.90 Å². The molecule has 4 heterocycles. The van der Waals surface area contributed by atoms with E-state index in [0.717, 1.165) is 45.2 Å². The fourth-order valence-electron chi connectivity index (χ4n) is 4.19. The number of hydrogen-bond acceptors (Lipinski definition) is 5. The summed E-state index contributed by atoms with van der Waals surface area (Å²) in [6.45, 7) is 0.524. The summed E-state index contributed by atoms with van der Waals surface area (Å²) in [6, 6.07) is 16.2. The first-order chi connectivity index (χ1) is 14.8. The molecule has 0 fully saturated rings. The van der Waals surface area contributed by atoms with E-state index in [9.17, 15) is 0 Å². The van der Waals surface area contributed by atoms with E-state index in [1.165, 1.54) is 0 Å². The lowest BCUT2D eigenvalue weighted by Gasteiger charge is -2.11. The maximum atomic E-state index is 6.00. The van der Waals surface area contributed by atoms with Gasteiger partial charge in [0.15, 0.2) is 0 Å². The summed E-state index contributed by atoms with van der Waals surface area (Å²) in [4.78, 5) is 9.54. The highest BCUT2D eigenvalue weighted by molar-refractivity contribution is 5.95. The molecule has 1 atom stereocenters. The minimum atomic E-state index is -0.00892. The van der Waals surface area contributed by atoms with Gasteiger partial charge < -0.3 is 14.0 Å². The van der Waals surface area contributed by atoms with Crippen molar-refractivity contribution in [1.82, 2.24) is 19.7 Å². The van der Waals surface area contributed by atoms with Crippen molar-refractivity contribution in [1.29, 1.82) is 0 Å². The van der Waals surface area contributed by atoms with Gasteiger partial charge in [0.05, 0.1) is 30.4 Å². The van der Waals surface area contributed by atoms with Gasteiger partial charge in [-0.1, -0.05) is 30.3 Å². The molecule has 2 aromatic heterocycles. The Balaban J connectivity index is 1.48. The summed E-state index contributed by atoms with van der Waals surface area (Å²) < 4.78 is 13.5. The van der Waals surface area contributed by atoms with E-state index in [1.807, 2.05) is 48.9 Å². The standard InChI is InChI=1S/C23H19N5O2/c1-29-16-7-8-19-17(10-16)21-15(11-25-27-21)9-20-22(24-13-28(19)20)23-26-18(12-30-23)14-5-3-2-4-6-14/h2-8,10-11,13,18H,9,12H2,1H3,(H,25,27)/t18-/m0/s1. The Morgan fingerprint density at radius 1 is 1.17 bits per heavy atom. The van der Waals surface area contributed by atoms with Gasteiger partial charge in [0, 0.05) is 17.5 Å². The number of nitrogens with zero attached hydrogens (tertiary/aromatic N) is 4. The van der Waals surface area contributed by atoms with Crippen molar-refractivity contribution in [2.24, 2.45) is 4.99 Å². The molecule has 30 heavy (non-hydrogen) atoms. The lowest BCUT2D eigenvalue weighted by molar-refractivity contribution is 0.319. The van der Waals surface area contributed by atoms with E-state index in [1.54, 1.807) is 7.11 Å². The number of rotatable bonds is 3. The average Bonchev–Trinajstić information content (AvgIpc) is 3.53. The molecule has 6 rings (SSSR count). The third kappa shape index (κ3) is 2.55. The van der Waals surface area contributed by atoms with Crippen LogP contribution in [0.5, 0.6) is 5.75 Å². The molecule has 1 N–H and O–H groups in total. The third-order valence-corrected chi connectivity index (χ3v) is 5.71. The number of aromatic nitrogens is 4. The number of methoxy groups -OCH3 is 1. The van der Waals surface area contributed by atoms with Crippen LogP contribution < -0.4 is 4.74 Å². The minimum Gasteiger partial charge on any atom is -0.497 e. The first kappa shape index (κ1) is 17.0. The quantitative estimate of drug-likeness (QED) is 0.504. The van der Waals surface area contributed by atoms with Crippen LogP contribution in [-0.2, 0) is 11.2 Å². The number of ether oxygens (including phenoxy) is 2. The molecule has 2 aliphatic rings. The van der Waals surface area contributed by atoms with Crippen LogP contribution >= 0.6 is 0 Å². The predicted molar refractivity (Wildman–Crippen MR) is 112 cm³/mol. The summed E-state index contributed by atoms with van der Waals surface area (Å²) in [5, 5.41) is 7.43. The molecular weight excluding hydrogens is 378 g/mol. The minimum absolute atomic E-state index is 0.00892. The second-order valence-electron chi connectivity index (χ2n) is 7.41. The maximum Gasteiger partial charge on any atom is 0.238 e. The first-order valence-corrected chi connectivity index (χ1v) is 9.85. The van der Waals surface area contributed by atoms with Gasteiger partial charge in [-0.05, 0) is 23.8 Å². The van der Waals surface area contributed by atoms with E-state index in [-0.39, 0.29) is 6.04 Å². The molecule has 0 bridgehead atoms. The van der Waals surface area contributed by atoms with Crippen molar-refractivity contribution >= 4 is 5.90 Å². The molecule has 0 spiro atoms. The molecule has 0 aliphatic carbocycles. The third-order valence-electron chi connectivity index (χ3n) is 5.71. The van der Waals surface area contributed by atoms with Crippen LogP contribution in [-0.4, -0.2) is 39.4 Å². The van der Waals surface area contributed by atoms with E-state index in [4.69, 9.17) is 19.5 Å². The molecule has 7 heteroatoms. The Hall–Kier alpha value is -3.87. The van der Waals surface area contributed by atoms with E-state index < -0.39 is 0 Å². The van der Waals surface area contributed by atoms with E-state index >= 15 is 0 Å². The molecule has 2 aromatic carbocycles. The van der Waals surface area contributed by atoms with Crippen LogP contribution in [0.1, 0.15) is 28.6 Å². The van der Waals surface area contributed by atoms with E-state index in [0.29, 0.717) is 18.9 Å². The smallest absolute Gasteiger partial charge is 0.238 e. The molecule has 0 amide bonds. The molecule has 148 valence electrons. The number of benzene rings is 2. The van der Waals surface area contributed by atoms with Crippen LogP contribution in [0.15, 0.2) is 66.0 Å². The lowest BCUT2D eigenvalue weighted by Crippen LogP contribution is -2.08.